The van der Waals surface area contributed by atoms with Gasteiger partial charge in [0.1, 0.15) is 73.2 Å². The van der Waals surface area contributed by atoms with E-state index in [0.717, 1.165) is 0 Å². The van der Waals surface area contributed by atoms with Crippen LogP contribution in [-0.4, -0.2) is 168 Å². The Morgan fingerprint density at radius 1 is 0.441 bits per heavy atom. The highest BCUT2D eigenvalue weighted by atomic mass is 16.8. The number of hydrogen-bond donors (Lipinski definition) is 11. The van der Waals surface area contributed by atoms with E-state index in [1.807, 2.05) is 0 Å². The van der Waals surface area contributed by atoms with Crippen LogP contribution in [0.2, 0.25) is 0 Å². The molecule has 0 aliphatic carbocycles. The predicted octanol–water partition coefficient (Wildman–Crippen LogP) is -7.57. The van der Waals surface area contributed by atoms with E-state index < -0.39 is 112 Å². The van der Waals surface area contributed by atoms with E-state index >= 15 is 0 Å². The van der Waals surface area contributed by atoms with Gasteiger partial charge in [-0.1, -0.05) is 0 Å². The minimum atomic E-state index is -1.94. The molecule has 0 saturated carbocycles. The fourth-order valence-electron chi connectivity index (χ4n) is 4.03. The standard InChI is InChI=1S/C18H32O16/c19-1-4-7(22)10(25)12(27)17(31-4)33-14-9(24)6(3-21)30-16(29)15(14)34-18-13(28)11(26)8(23)5(2-20)32-18/h4-29H,1-3H2/t4-,5-,6-,7-,8-,9-,10+,11+,12-,13-,14+,15-,16-,17+,18+/m1/s1. The molecular weight excluding hydrogens is 472 g/mol. The van der Waals surface area contributed by atoms with E-state index in [-0.39, 0.29) is 0 Å². The van der Waals surface area contributed by atoms with Crippen molar-refractivity contribution in [1.29, 1.82) is 0 Å². The highest BCUT2D eigenvalue weighted by Crippen LogP contribution is 2.32. The van der Waals surface area contributed by atoms with Gasteiger partial charge in [0.25, 0.3) is 0 Å². The number of ether oxygens (including phenoxy) is 5. The molecule has 0 aromatic carbocycles. The van der Waals surface area contributed by atoms with Crippen molar-refractivity contribution in [2.24, 2.45) is 0 Å². The lowest BCUT2D eigenvalue weighted by Gasteiger charge is -2.48. The van der Waals surface area contributed by atoms with Crippen molar-refractivity contribution in [2.75, 3.05) is 19.8 Å². The molecule has 3 rings (SSSR count). The van der Waals surface area contributed by atoms with E-state index in [9.17, 15) is 56.2 Å². The lowest BCUT2D eigenvalue weighted by atomic mass is 9.96. The summed E-state index contributed by atoms with van der Waals surface area (Å²) in [4.78, 5) is 0. The molecule has 3 heterocycles. The van der Waals surface area contributed by atoms with E-state index in [4.69, 9.17) is 23.7 Å². The van der Waals surface area contributed by atoms with Gasteiger partial charge in [-0.2, -0.15) is 0 Å². The van der Waals surface area contributed by atoms with Crippen LogP contribution < -0.4 is 0 Å². The Bertz CT molecular complexity index is 637. The van der Waals surface area contributed by atoms with Crippen LogP contribution in [0, 0.1) is 0 Å². The molecule has 0 aromatic heterocycles. The van der Waals surface area contributed by atoms with Gasteiger partial charge in [-0.3, -0.25) is 0 Å². The summed E-state index contributed by atoms with van der Waals surface area (Å²) in [5, 5.41) is 109. The van der Waals surface area contributed by atoms with Crippen LogP contribution in [0.1, 0.15) is 0 Å². The fraction of sp³-hybridized carbons (Fsp3) is 1.00. The van der Waals surface area contributed by atoms with Gasteiger partial charge in [0.05, 0.1) is 19.8 Å². The molecule has 0 bridgehead atoms. The van der Waals surface area contributed by atoms with Crippen molar-refractivity contribution in [3.63, 3.8) is 0 Å². The Labute approximate surface area is 192 Å². The van der Waals surface area contributed by atoms with Gasteiger partial charge < -0.3 is 79.9 Å². The highest BCUT2D eigenvalue weighted by Gasteiger charge is 2.53. The number of rotatable bonds is 7. The van der Waals surface area contributed by atoms with E-state index in [1.165, 1.54) is 0 Å². The highest BCUT2D eigenvalue weighted by molar-refractivity contribution is 4.96. The normalized spacial score (nSPS) is 52.5. The molecule has 0 aromatic rings. The minimum Gasteiger partial charge on any atom is -0.394 e. The zero-order chi connectivity index (χ0) is 25.3. The average molecular weight is 504 g/mol. The molecule has 0 amide bonds. The molecule has 0 spiro atoms. The topological polar surface area (TPSA) is 269 Å². The molecule has 16 nitrogen and oxygen atoms in total. The third-order valence-electron chi connectivity index (χ3n) is 6.10. The van der Waals surface area contributed by atoms with Crippen LogP contribution in [-0.2, 0) is 23.7 Å². The van der Waals surface area contributed by atoms with Crippen LogP contribution in [0.4, 0.5) is 0 Å². The first-order valence-corrected chi connectivity index (χ1v) is 10.6. The predicted molar refractivity (Wildman–Crippen MR) is 101 cm³/mol. The van der Waals surface area contributed by atoms with E-state index in [1.54, 1.807) is 0 Å². The lowest BCUT2D eigenvalue weighted by molar-refractivity contribution is -0.387. The first-order valence-electron chi connectivity index (χ1n) is 10.6. The van der Waals surface area contributed by atoms with E-state index in [2.05, 4.69) is 0 Å². The molecule has 0 radical (unpaired) electrons. The minimum absolute atomic E-state index is 0.769. The lowest BCUT2D eigenvalue weighted by Crippen LogP contribution is -2.67. The molecule has 15 atom stereocenters. The van der Waals surface area contributed by atoms with Gasteiger partial charge in [-0.15, -0.1) is 0 Å². The third-order valence-corrected chi connectivity index (χ3v) is 6.10. The summed E-state index contributed by atoms with van der Waals surface area (Å²) < 4.78 is 26.5. The second-order valence-corrected chi connectivity index (χ2v) is 8.33. The second-order valence-electron chi connectivity index (χ2n) is 8.33. The maximum atomic E-state index is 10.6. The van der Waals surface area contributed by atoms with Gasteiger partial charge in [-0.25, -0.2) is 0 Å². The summed E-state index contributed by atoms with van der Waals surface area (Å²) in [6.45, 7) is -2.33. The average Bonchev–Trinajstić information content (AvgIpc) is 2.83. The Hall–Kier alpha value is -0.640. The summed E-state index contributed by atoms with van der Waals surface area (Å²) in [5.74, 6) is 0. The largest absolute Gasteiger partial charge is 0.394 e. The van der Waals surface area contributed by atoms with Crippen LogP contribution in [0.3, 0.4) is 0 Å². The molecular formula is C18H32O16. The van der Waals surface area contributed by atoms with E-state index in [0.29, 0.717) is 0 Å². The second kappa shape index (κ2) is 11.6. The summed E-state index contributed by atoms with van der Waals surface area (Å²) >= 11 is 0. The molecule has 3 saturated heterocycles. The molecule has 16 heteroatoms. The van der Waals surface area contributed by atoms with Gasteiger partial charge in [0, 0.05) is 0 Å². The Balaban J connectivity index is 1.83. The molecule has 3 aliphatic heterocycles. The fourth-order valence-corrected chi connectivity index (χ4v) is 4.03. The third kappa shape index (κ3) is 5.37. The van der Waals surface area contributed by atoms with Crippen molar-refractivity contribution in [3.05, 3.63) is 0 Å². The van der Waals surface area contributed by atoms with Gasteiger partial charge in [0.2, 0.25) is 0 Å². The molecule has 200 valence electrons. The van der Waals surface area contributed by atoms with Crippen molar-refractivity contribution in [2.45, 2.75) is 92.1 Å². The molecule has 11 N–H and O–H groups in total. The first-order chi connectivity index (χ1) is 16.0. The molecule has 3 fully saturated rings. The van der Waals surface area contributed by atoms with Gasteiger partial charge >= 0.3 is 0 Å². The smallest absolute Gasteiger partial charge is 0.187 e. The maximum absolute atomic E-state index is 10.6. The van der Waals surface area contributed by atoms with Crippen LogP contribution in [0.25, 0.3) is 0 Å². The van der Waals surface area contributed by atoms with Gasteiger partial charge in [-0.05, 0) is 0 Å². The molecule has 0 unspecified atom stereocenters. The summed E-state index contributed by atoms with van der Waals surface area (Å²) in [7, 11) is 0. The Kier molecular flexibility index (Phi) is 9.54. The van der Waals surface area contributed by atoms with Crippen molar-refractivity contribution >= 4 is 0 Å². The zero-order valence-corrected chi connectivity index (χ0v) is 17.7. The Morgan fingerprint density at radius 2 is 0.824 bits per heavy atom. The number of hydrogen-bond acceptors (Lipinski definition) is 16. The van der Waals surface area contributed by atoms with Crippen LogP contribution in [0.15, 0.2) is 0 Å². The van der Waals surface area contributed by atoms with Crippen molar-refractivity contribution < 1.29 is 79.9 Å². The summed E-state index contributed by atoms with van der Waals surface area (Å²) in [5.41, 5.74) is 0. The van der Waals surface area contributed by atoms with Crippen LogP contribution >= 0.6 is 0 Å². The monoisotopic (exact) mass is 504 g/mol. The number of aliphatic hydroxyl groups excluding tert-OH is 11. The van der Waals surface area contributed by atoms with Crippen molar-refractivity contribution in [1.82, 2.24) is 0 Å². The van der Waals surface area contributed by atoms with Gasteiger partial charge in [0.15, 0.2) is 18.9 Å². The number of aliphatic hydroxyl groups is 11. The SMILES string of the molecule is OC[C@H]1O[C@@H](O[C@@H]2[C@@H](O[C@@H]3O[C@H](CO)[C@@H](O)[C@H](O)[C@H]3O)[C@H](O)[C@@H](CO)O[C@H]2O)[C@H](O)[C@@H](O)[C@@H]1O. The van der Waals surface area contributed by atoms with Crippen molar-refractivity contribution in [3.8, 4) is 0 Å². The Morgan fingerprint density at radius 3 is 1.24 bits per heavy atom. The molecule has 34 heavy (non-hydrogen) atoms. The summed E-state index contributed by atoms with van der Waals surface area (Å²) in [6.07, 6.45) is -25.6. The zero-order valence-electron chi connectivity index (χ0n) is 17.7. The summed E-state index contributed by atoms with van der Waals surface area (Å²) in [6, 6.07) is 0. The quantitative estimate of drug-likeness (QED) is 0.154. The first kappa shape index (κ1) is 27.9. The van der Waals surface area contributed by atoms with Crippen LogP contribution in [0.5, 0.6) is 0 Å². The maximum Gasteiger partial charge on any atom is 0.187 e. The molecule has 3 aliphatic rings.